The van der Waals surface area contributed by atoms with E-state index in [9.17, 15) is 14.7 Å². The standard InChI is InChI=1S/C13H16Cl2N4O3S/c1-7(15)3-4-19-9-10(18(2)12(22)17-11(9)21)16-13(19)23-6-8(20)5-14/h3,8,20H,4-6H2,1-2H3,(H,17,21,22)/b7-3-/t8-/m0/s1. The fraction of sp³-hybridized carbons (Fsp3) is 0.462. The van der Waals surface area contributed by atoms with Gasteiger partial charge in [0.25, 0.3) is 5.56 Å². The molecule has 10 heteroatoms. The lowest BCUT2D eigenvalue weighted by Gasteiger charge is -2.08. The Morgan fingerprint density at radius 1 is 1.52 bits per heavy atom. The number of alkyl halides is 1. The third-order valence-corrected chi connectivity index (χ3v) is 4.74. The minimum Gasteiger partial charge on any atom is -0.391 e. The van der Waals surface area contributed by atoms with Gasteiger partial charge in [-0.15, -0.1) is 11.6 Å². The quantitative estimate of drug-likeness (QED) is 0.582. The lowest BCUT2D eigenvalue weighted by atomic mass is 10.4. The monoisotopic (exact) mass is 378 g/mol. The molecule has 0 bridgehead atoms. The second kappa shape index (κ2) is 7.57. The number of aromatic nitrogens is 4. The summed E-state index contributed by atoms with van der Waals surface area (Å²) in [6.07, 6.45) is 1.04. The predicted molar refractivity (Wildman–Crippen MR) is 92.7 cm³/mol. The maximum atomic E-state index is 12.2. The van der Waals surface area contributed by atoms with Crippen LogP contribution in [0.1, 0.15) is 6.92 Å². The summed E-state index contributed by atoms with van der Waals surface area (Å²) in [4.78, 5) is 30.5. The van der Waals surface area contributed by atoms with E-state index in [0.717, 1.165) is 0 Å². The zero-order chi connectivity index (χ0) is 17.1. The van der Waals surface area contributed by atoms with Crippen LogP contribution in [0.25, 0.3) is 11.2 Å². The molecule has 0 amide bonds. The average molecular weight is 379 g/mol. The number of hydrogen-bond acceptors (Lipinski definition) is 5. The van der Waals surface area contributed by atoms with Gasteiger partial charge in [0.05, 0.1) is 6.10 Å². The molecular weight excluding hydrogens is 363 g/mol. The summed E-state index contributed by atoms with van der Waals surface area (Å²) in [5.41, 5.74) is -0.485. The summed E-state index contributed by atoms with van der Waals surface area (Å²) < 4.78 is 2.93. The minimum absolute atomic E-state index is 0.104. The maximum absolute atomic E-state index is 12.2. The Balaban J connectivity index is 2.60. The number of nitrogens with one attached hydrogen (secondary N) is 1. The minimum atomic E-state index is -0.692. The summed E-state index contributed by atoms with van der Waals surface area (Å²) >= 11 is 12.7. The zero-order valence-corrected chi connectivity index (χ0v) is 14.9. The van der Waals surface area contributed by atoms with Crippen LogP contribution in [-0.2, 0) is 13.6 Å². The molecule has 0 aliphatic carbocycles. The van der Waals surface area contributed by atoms with E-state index in [-0.39, 0.29) is 17.0 Å². The molecule has 2 N–H and O–H groups in total. The highest BCUT2D eigenvalue weighted by molar-refractivity contribution is 7.99. The molecule has 0 saturated carbocycles. The number of fused-ring (bicyclic) bond motifs is 1. The van der Waals surface area contributed by atoms with E-state index in [0.29, 0.717) is 22.5 Å². The third-order valence-electron chi connectivity index (χ3n) is 3.11. The fourth-order valence-electron chi connectivity index (χ4n) is 1.93. The first kappa shape index (κ1) is 18.1. The topological polar surface area (TPSA) is 92.9 Å². The molecule has 126 valence electrons. The van der Waals surface area contributed by atoms with Crippen molar-refractivity contribution in [2.24, 2.45) is 7.05 Å². The second-order valence-corrected chi connectivity index (χ2v) is 6.80. The van der Waals surface area contributed by atoms with Crippen LogP contribution in [0, 0.1) is 0 Å². The zero-order valence-electron chi connectivity index (χ0n) is 12.5. The van der Waals surface area contributed by atoms with Crippen LogP contribution in [0.15, 0.2) is 25.9 Å². The van der Waals surface area contributed by atoms with Gasteiger partial charge in [0, 0.05) is 30.3 Å². The summed E-state index contributed by atoms with van der Waals surface area (Å²) in [5, 5.41) is 10.7. The lowest BCUT2D eigenvalue weighted by molar-refractivity contribution is 0.223. The van der Waals surface area contributed by atoms with Gasteiger partial charge < -0.3 is 9.67 Å². The van der Waals surface area contributed by atoms with Crippen molar-refractivity contribution in [3.63, 3.8) is 0 Å². The van der Waals surface area contributed by atoms with E-state index >= 15 is 0 Å². The van der Waals surface area contributed by atoms with E-state index < -0.39 is 17.4 Å². The van der Waals surface area contributed by atoms with E-state index in [4.69, 9.17) is 23.2 Å². The molecule has 0 saturated heterocycles. The smallest absolute Gasteiger partial charge is 0.329 e. The largest absolute Gasteiger partial charge is 0.391 e. The van der Waals surface area contributed by atoms with Gasteiger partial charge in [0.15, 0.2) is 16.3 Å². The predicted octanol–water partition coefficient (Wildman–Crippen LogP) is 1.26. The highest BCUT2D eigenvalue weighted by Crippen LogP contribution is 2.22. The van der Waals surface area contributed by atoms with Gasteiger partial charge in [-0.05, 0) is 6.92 Å². The number of aromatic amines is 1. The fourth-order valence-corrected chi connectivity index (χ4v) is 3.17. The average Bonchev–Trinajstić information content (AvgIpc) is 2.87. The number of imidazole rings is 1. The van der Waals surface area contributed by atoms with Crippen LogP contribution in [0.2, 0.25) is 0 Å². The molecule has 0 unspecified atom stereocenters. The first-order chi connectivity index (χ1) is 10.8. The highest BCUT2D eigenvalue weighted by atomic mass is 35.5. The van der Waals surface area contributed by atoms with Crippen LogP contribution >= 0.6 is 35.0 Å². The number of halogens is 2. The van der Waals surface area contributed by atoms with Gasteiger partial charge in [0.2, 0.25) is 0 Å². The molecule has 0 aliphatic heterocycles. The molecule has 1 atom stereocenters. The van der Waals surface area contributed by atoms with Crippen LogP contribution < -0.4 is 11.2 Å². The Labute approximate surface area is 145 Å². The molecule has 2 heterocycles. The van der Waals surface area contributed by atoms with Gasteiger partial charge in [0.1, 0.15) is 0 Å². The number of aliphatic hydroxyl groups is 1. The Bertz CT molecular complexity index is 851. The molecule has 2 aromatic rings. The molecule has 0 radical (unpaired) electrons. The van der Waals surface area contributed by atoms with E-state index in [1.54, 1.807) is 17.6 Å². The summed E-state index contributed by atoms with van der Waals surface area (Å²) in [5.74, 6) is 0.426. The SMILES string of the molecule is C/C(Cl)=C/Cn1c(SC[C@@H](O)CCl)nc2c1c(=O)[nH]c(=O)n2C. The van der Waals surface area contributed by atoms with Gasteiger partial charge in [-0.3, -0.25) is 14.3 Å². The van der Waals surface area contributed by atoms with Gasteiger partial charge >= 0.3 is 5.69 Å². The molecule has 2 rings (SSSR count). The summed E-state index contributed by atoms with van der Waals surface area (Å²) in [6, 6.07) is 0. The van der Waals surface area contributed by atoms with Crippen LogP contribution in [0.4, 0.5) is 0 Å². The highest BCUT2D eigenvalue weighted by Gasteiger charge is 2.18. The van der Waals surface area contributed by atoms with E-state index in [1.807, 2.05) is 0 Å². The van der Waals surface area contributed by atoms with Crippen molar-refractivity contribution in [3.05, 3.63) is 31.9 Å². The molecule has 0 spiro atoms. The number of aliphatic hydroxyl groups excluding tert-OH is 1. The molecule has 0 aliphatic rings. The maximum Gasteiger partial charge on any atom is 0.329 e. The molecule has 0 aromatic carbocycles. The lowest BCUT2D eigenvalue weighted by Crippen LogP contribution is -2.29. The summed E-state index contributed by atoms with van der Waals surface area (Å²) in [7, 11) is 1.53. The van der Waals surface area contributed by atoms with Crippen molar-refractivity contribution in [1.29, 1.82) is 0 Å². The van der Waals surface area contributed by atoms with Crippen molar-refractivity contribution < 1.29 is 5.11 Å². The van der Waals surface area contributed by atoms with Crippen molar-refractivity contribution in [2.75, 3.05) is 11.6 Å². The molecule has 0 fully saturated rings. The van der Waals surface area contributed by atoms with E-state index in [2.05, 4.69) is 9.97 Å². The van der Waals surface area contributed by atoms with Crippen LogP contribution in [-0.4, -0.2) is 41.9 Å². The Kier molecular flexibility index (Phi) is 5.96. The van der Waals surface area contributed by atoms with Crippen LogP contribution in [0.5, 0.6) is 0 Å². The Hall–Kier alpha value is -1.22. The van der Waals surface area contributed by atoms with Crippen molar-refractivity contribution >= 4 is 46.1 Å². The summed E-state index contributed by atoms with van der Waals surface area (Å²) in [6.45, 7) is 2.05. The number of nitrogens with zero attached hydrogens (tertiary/aromatic N) is 3. The molecule has 7 nitrogen and oxygen atoms in total. The van der Waals surface area contributed by atoms with Crippen LogP contribution in [0.3, 0.4) is 0 Å². The normalized spacial score (nSPS) is 13.7. The number of thioether (sulfide) groups is 1. The molecular formula is C13H16Cl2N4O3S. The van der Waals surface area contributed by atoms with Crippen molar-refractivity contribution in [2.45, 2.75) is 24.7 Å². The van der Waals surface area contributed by atoms with Gasteiger partial charge in [-0.2, -0.15) is 0 Å². The molecule has 23 heavy (non-hydrogen) atoms. The third kappa shape index (κ3) is 4.00. The van der Waals surface area contributed by atoms with Gasteiger partial charge in [-0.25, -0.2) is 9.78 Å². The number of allylic oxidation sites excluding steroid dienone is 2. The van der Waals surface area contributed by atoms with Crippen molar-refractivity contribution in [3.8, 4) is 0 Å². The first-order valence-electron chi connectivity index (χ1n) is 6.73. The Morgan fingerprint density at radius 3 is 2.83 bits per heavy atom. The number of rotatable bonds is 6. The van der Waals surface area contributed by atoms with Gasteiger partial charge in [-0.1, -0.05) is 29.4 Å². The number of aryl methyl sites for hydroxylation is 1. The second-order valence-electron chi connectivity index (χ2n) is 4.91. The Morgan fingerprint density at radius 2 is 2.22 bits per heavy atom. The number of hydrogen-bond donors (Lipinski definition) is 2. The van der Waals surface area contributed by atoms with E-state index in [1.165, 1.54) is 23.4 Å². The first-order valence-corrected chi connectivity index (χ1v) is 8.63. The van der Waals surface area contributed by atoms with Crippen molar-refractivity contribution in [1.82, 2.24) is 19.1 Å². The number of H-pyrrole nitrogens is 1. The molecule has 2 aromatic heterocycles.